The molecule has 24 heavy (non-hydrogen) atoms. The van der Waals surface area contributed by atoms with Crippen LogP contribution in [0.15, 0.2) is 39.3 Å². The van der Waals surface area contributed by atoms with Crippen molar-refractivity contribution >= 4 is 22.9 Å². The molecular weight excluding hydrogens is 314 g/mol. The molecule has 1 aromatic carbocycles. The average Bonchev–Trinajstić information content (AvgIpc) is 3.16. The fourth-order valence-electron chi connectivity index (χ4n) is 2.33. The van der Waals surface area contributed by atoms with Crippen molar-refractivity contribution in [3.05, 3.63) is 53.1 Å². The Bertz CT molecular complexity index is 892. The molecule has 7 nitrogen and oxygen atoms in total. The van der Waals surface area contributed by atoms with Crippen molar-refractivity contribution in [2.24, 2.45) is 0 Å². The molecule has 0 N–H and O–H groups in total. The van der Waals surface area contributed by atoms with Crippen LogP contribution >= 0.6 is 0 Å². The second-order valence-electron chi connectivity index (χ2n) is 5.14. The predicted molar refractivity (Wildman–Crippen MR) is 82.3 cm³/mol. The number of hydrogen-bond acceptors (Lipinski definition) is 7. The van der Waals surface area contributed by atoms with E-state index >= 15 is 0 Å². The van der Waals surface area contributed by atoms with E-state index in [0.29, 0.717) is 28.4 Å². The summed E-state index contributed by atoms with van der Waals surface area (Å²) in [4.78, 5) is 23.5. The number of ether oxygens (including phenoxy) is 2. The number of benzene rings is 1. The molecule has 124 valence electrons. The minimum absolute atomic E-state index is 0.0133. The summed E-state index contributed by atoms with van der Waals surface area (Å²) in [5, 5.41) is 4.66. The summed E-state index contributed by atoms with van der Waals surface area (Å²) >= 11 is 0. The number of rotatable bonds is 5. The smallest absolute Gasteiger partial charge is 0.341 e. The summed E-state index contributed by atoms with van der Waals surface area (Å²) in [6.07, 6.45) is -0.0133. The number of esters is 2. The minimum Gasteiger partial charge on any atom is -0.465 e. The highest BCUT2D eigenvalue weighted by Gasteiger charge is 2.17. The molecule has 0 spiro atoms. The van der Waals surface area contributed by atoms with E-state index in [2.05, 4.69) is 9.89 Å². The van der Waals surface area contributed by atoms with Crippen LogP contribution in [0.5, 0.6) is 0 Å². The van der Waals surface area contributed by atoms with Gasteiger partial charge in [-0.2, -0.15) is 0 Å². The van der Waals surface area contributed by atoms with Crippen LogP contribution < -0.4 is 0 Å². The molecule has 3 aromatic rings. The van der Waals surface area contributed by atoms with Gasteiger partial charge in [-0.1, -0.05) is 17.3 Å². The van der Waals surface area contributed by atoms with Gasteiger partial charge in [0.25, 0.3) is 0 Å². The zero-order valence-corrected chi connectivity index (χ0v) is 13.2. The van der Waals surface area contributed by atoms with Gasteiger partial charge in [0.05, 0.1) is 13.5 Å². The summed E-state index contributed by atoms with van der Waals surface area (Å²) in [7, 11) is 1.29. The third-order valence-electron chi connectivity index (χ3n) is 3.51. The number of hydrogen-bond donors (Lipinski definition) is 0. The lowest BCUT2D eigenvalue weighted by Gasteiger charge is -2.01. The van der Waals surface area contributed by atoms with E-state index in [4.69, 9.17) is 13.7 Å². The summed E-state index contributed by atoms with van der Waals surface area (Å²) < 4.78 is 20.3. The Morgan fingerprint density at radius 1 is 1.25 bits per heavy atom. The van der Waals surface area contributed by atoms with E-state index in [9.17, 15) is 9.59 Å². The SMILES string of the molecule is COC(=O)c1cc(COC(=O)Cc2noc3ccccc23)oc1C. The number of furan rings is 1. The van der Waals surface area contributed by atoms with Crippen molar-refractivity contribution in [2.75, 3.05) is 7.11 Å². The van der Waals surface area contributed by atoms with Crippen molar-refractivity contribution in [2.45, 2.75) is 20.0 Å². The monoisotopic (exact) mass is 329 g/mol. The molecule has 0 radical (unpaired) electrons. The van der Waals surface area contributed by atoms with Crippen LogP contribution in [0.4, 0.5) is 0 Å². The zero-order valence-electron chi connectivity index (χ0n) is 13.2. The second kappa shape index (κ2) is 6.57. The highest BCUT2D eigenvalue weighted by atomic mass is 16.5. The van der Waals surface area contributed by atoms with E-state index in [1.165, 1.54) is 13.2 Å². The van der Waals surface area contributed by atoms with Gasteiger partial charge in [-0.05, 0) is 25.1 Å². The number of aryl methyl sites for hydroxylation is 1. The van der Waals surface area contributed by atoms with E-state index in [-0.39, 0.29) is 13.0 Å². The maximum Gasteiger partial charge on any atom is 0.341 e. The first-order valence-corrected chi connectivity index (χ1v) is 7.25. The number of methoxy groups -OCH3 is 1. The summed E-state index contributed by atoms with van der Waals surface area (Å²) in [5.74, 6) is -0.188. The minimum atomic E-state index is -0.497. The highest BCUT2D eigenvalue weighted by Crippen LogP contribution is 2.19. The highest BCUT2D eigenvalue weighted by molar-refractivity contribution is 5.90. The molecule has 2 heterocycles. The Balaban J connectivity index is 1.63. The van der Waals surface area contributed by atoms with Gasteiger partial charge in [0.15, 0.2) is 5.58 Å². The van der Waals surface area contributed by atoms with Crippen LogP contribution in [-0.4, -0.2) is 24.2 Å². The fraction of sp³-hybridized carbons (Fsp3) is 0.235. The van der Waals surface area contributed by atoms with Gasteiger partial charge in [-0.15, -0.1) is 0 Å². The lowest BCUT2D eigenvalue weighted by atomic mass is 10.2. The van der Waals surface area contributed by atoms with Gasteiger partial charge >= 0.3 is 11.9 Å². The van der Waals surface area contributed by atoms with Crippen LogP contribution in [0.2, 0.25) is 0 Å². The maximum atomic E-state index is 12.0. The first kappa shape index (κ1) is 15.8. The molecule has 0 aliphatic rings. The third kappa shape index (κ3) is 3.15. The van der Waals surface area contributed by atoms with Crippen LogP contribution in [0, 0.1) is 6.92 Å². The Hall–Kier alpha value is -3.09. The molecule has 0 amide bonds. The number of aromatic nitrogens is 1. The normalized spacial score (nSPS) is 10.8. The lowest BCUT2D eigenvalue weighted by molar-refractivity contribution is -0.144. The molecule has 0 unspecified atom stereocenters. The maximum absolute atomic E-state index is 12.0. The molecule has 3 rings (SSSR count). The number of carbonyl (C=O) groups is 2. The topological polar surface area (TPSA) is 91.8 Å². The molecule has 2 aromatic heterocycles. The summed E-state index contributed by atoms with van der Waals surface area (Å²) in [6, 6.07) is 8.77. The van der Waals surface area contributed by atoms with Gasteiger partial charge in [-0.25, -0.2) is 4.79 Å². The molecule has 7 heteroatoms. The average molecular weight is 329 g/mol. The Kier molecular flexibility index (Phi) is 4.33. The van der Waals surface area contributed by atoms with Crippen molar-refractivity contribution in [3.8, 4) is 0 Å². The van der Waals surface area contributed by atoms with Gasteiger partial charge in [0.2, 0.25) is 0 Å². The van der Waals surface area contributed by atoms with Crippen molar-refractivity contribution in [3.63, 3.8) is 0 Å². The number of nitrogens with zero attached hydrogens (tertiary/aromatic N) is 1. The number of fused-ring (bicyclic) bond motifs is 1. The zero-order chi connectivity index (χ0) is 17.1. The number of carbonyl (C=O) groups excluding carboxylic acids is 2. The standard InChI is InChI=1S/C17H15NO6/c1-10-13(17(20)21-2)7-11(23-10)9-22-16(19)8-14-12-5-3-4-6-15(12)24-18-14/h3-7H,8-9H2,1-2H3. The van der Waals surface area contributed by atoms with E-state index in [1.54, 1.807) is 13.0 Å². The first-order valence-electron chi connectivity index (χ1n) is 7.25. The Morgan fingerprint density at radius 3 is 2.83 bits per heavy atom. The molecule has 0 aliphatic heterocycles. The molecule has 0 fully saturated rings. The molecular formula is C17H15NO6. The van der Waals surface area contributed by atoms with E-state index in [0.717, 1.165) is 5.39 Å². The van der Waals surface area contributed by atoms with Crippen molar-refractivity contribution < 1.29 is 28.0 Å². The second-order valence-corrected chi connectivity index (χ2v) is 5.14. The van der Waals surface area contributed by atoms with Gasteiger partial charge < -0.3 is 18.4 Å². The van der Waals surface area contributed by atoms with Gasteiger partial charge in [0.1, 0.15) is 29.4 Å². The van der Waals surface area contributed by atoms with Crippen LogP contribution in [-0.2, 0) is 27.3 Å². The van der Waals surface area contributed by atoms with E-state index < -0.39 is 11.9 Å². The van der Waals surface area contributed by atoms with Gasteiger partial charge in [0, 0.05) is 5.39 Å². The molecule has 0 bridgehead atoms. The molecule has 0 saturated carbocycles. The third-order valence-corrected chi connectivity index (χ3v) is 3.51. The Labute approximate surface area is 137 Å². The predicted octanol–water partition coefficient (Wildman–Crippen LogP) is 2.80. The summed E-state index contributed by atoms with van der Waals surface area (Å²) in [5.41, 5.74) is 1.44. The quantitative estimate of drug-likeness (QED) is 0.665. The molecule has 0 aliphatic carbocycles. The molecule has 0 saturated heterocycles. The van der Waals surface area contributed by atoms with Crippen LogP contribution in [0.3, 0.4) is 0 Å². The lowest BCUT2D eigenvalue weighted by Crippen LogP contribution is -2.08. The summed E-state index contributed by atoms with van der Waals surface area (Å²) in [6.45, 7) is 1.56. The first-order chi connectivity index (χ1) is 11.6. The van der Waals surface area contributed by atoms with Gasteiger partial charge in [-0.3, -0.25) is 4.79 Å². The van der Waals surface area contributed by atoms with Crippen molar-refractivity contribution in [1.29, 1.82) is 0 Å². The Morgan fingerprint density at radius 2 is 2.04 bits per heavy atom. The van der Waals surface area contributed by atoms with Crippen LogP contribution in [0.25, 0.3) is 11.0 Å². The number of para-hydroxylation sites is 1. The van der Waals surface area contributed by atoms with E-state index in [1.807, 2.05) is 18.2 Å². The van der Waals surface area contributed by atoms with Crippen molar-refractivity contribution in [1.82, 2.24) is 5.16 Å². The van der Waals surface area contributed by atoms with Crippen LogP contribution in [0.1, 0.15) is 27.6 Å². The fourth-order valence-corrected chi connectivity index (χ4v) is 2.33. The molecule has 0 atom stereocenters. The largest absolute Gasteiger partial charge is 0.465 e.